The number of carbonyl (C=O) groups excluding carboxylic acids is 2. The van der Waals surface area contributed by atoms with Crippen LogP contribution >= 0.6 is 0 Å². The first-order valence-corrected chi connectivity index (χ1v) is 9.51. The van der Waals surface area contributed by atoms with Crippen molar-refractivity contribution in [1.29, 1.82) is 0 Å². The van der Waals surface area contributed by atoms with Crippen LogP contribution in [0.2, 0.25) is 0 Å². The maximum atomic E-state index is 12.6. The first kappa shape index (κ1) is 19.9. The molecule has 2 aromatic carbocycles. The molecule has 0 saturated carbocycles. The molecule has 148 valence electrons. The Kier molecular flexibility index (Phi) is 6.66. The van der Waals surface area contributed by atoms with Crippen LogP contribution in [0.4, 0.5) is 4.79 Å². The van der Waals surface area contributed by atoms with Crippen molar-refractivity contribution in [1.82, 2.24) is 15.1 Å². The van der Waals surface area contributed by atoms with Gasteiger partial charge in [-0.05, 0) is 18.1 Å². The third kappa shape index (κ3) is 5.57. The summed E-state index contributed by atoms with van der Waals surface area (Å²) in [7, 11) is 1.77. The van der Waals surface area contributed by atoms with Gasteiger partial charge in [0.2, 0.25) is 5.91 Å². The fourth-order valence-electron chi connectivity index (χ4n) is 3.32. The van der Waals surface area contributed by atoms with Crippen molar-refractivity contribution < 1.29 is 14.3 Å². The molecular formula is C22H27N3O3. The van der Waals surface area contributed by atoms with Crippen molar-refractivity contribution in [3.05, 3.63) is 71.3 Å². The fourth-order valence-corrected chi connectivity index (χ4v) is 3.32. The van der Waals surface area contributed by atoms with Gasteiger partial charge in [0.05, 0.1) is 0 Å². The second-order valence-electron chi connectivity index (χ2n) is 7.24. The third-order valence-corrected chi connectivity index (χ3v) is 4.86. The van der Waals surface area contributed by atoms with E-state index in [-0.39, 0.29) is 12.5 Å². The van der Waals surface area contributed by atoms with Gasteiger partial charge in [0.25, 0.3) is 0 Å². The molecule has 28 heavy (non-hydrogen) atoms. The van der Waals surface area contributed by atoms with E-state index in [1.54, 1.807) is 11.9 Å². The van der Waals surface area contributed by atoms with E-state index >= 15 is 0 Å². The number of carbonyl (C=O) groups is 2. The predicted octanol–water partition coefficient (Wildman–Crippen LogP) is 2.56. The molecule has 0 unspecified atom stereocenters. The molecular weight excluding hydrogens is 354 g/mol. The molecule has 6 heteroatoms. The van der Waals surface area contributed by atoms with Crippen molar-refractivity contribution in [3.63, 3.8) is 0 Å². The van der Waals surface area contributed by atoms with Crippen molar-refractivity contribution in [2.75, 3.05) is 26.7 Å². The van der Waals surface area contributed by atoms with E-state index in [0.29, 0.717) is 13.1 Å². The van der Waals surface area contributed by atoms with Gasteiger partial charge in [0.15, 0.2) is 0 Å². The quantitative estimate of drug-likeness (QED) is 0.865. The summed E-state index contributed by atoms with van der Waals surface area (Å²) in [5.41, 5.74) is 3.31. The second kappa shape index (κ2) is 9.37. The van der Waals surface area contributed by atoms with Crippen LogP contribution < -0.4 is 5.32 Å². The molecule has 1 fully saturated rings. The van der Waals surface area contributed by atoms with Gasteiger partial charge in [0, 0.05) is 33.2 Å². The van der Waals surface area contributed by atoms with Crippen LogP contribution in [0.3, 0.4) is 0 Å². The predicted molar refractivity (Wildman–Crippen MR) is 108 cm³/mol. The van der Waals surface area contributed by atoms with Crippen LogP contribution in [0.15, 0.2) is 54.6 Å². The molecule has 6 nitrogen and oxygen atoms in total. The zero-order valence-corrected chi connectivity index (χ0v) is 16.4. The average molecular weight is 381 g/mol. The monoisotopic (exact) mass is 381 g/mol. The second-order valence-corrected chi connectivity index (χ2v) is 7.24. The van der Waals surface area contributed by atoms with Crippen LogP contribution in [0, 0.1) is 6.92 Å². The minimum absolute atomic E-state index is 0.0941. The molecule has 0 spiro atoms. The van der Waals surface area contributed by atoms with E-state index < -0.39 is 12.1 Å². The molecule has 0 aliphatic carbocycles. The standard InChI is InChI=1S/C22H27N3O3/c1-17-7-6-10-19(13-17)14-25-12-11-24(2)21(26)20(15-25)23-22(27)28-16-18-8-4-3-5-9-18/h3-10,13,20H,11-12,14-16H2,1-2H3,(H,23,27)/t20-/m0/s1. The summed E-state index contributed by atoms with van der Waals surface area (Å²) < 4.78 is 5.29. The van der Waals surface area contributed by atoms with Gasteiger partial charge >= 0.3 is 6.09 Å². The van der Waals surface area contributed by atoms with Crippen LogP contribution in [-0.4, -0.2) is 54.5 Å². The average Bonchev–Trinajstić information content (AvgIpc) is 2.81. The highest BCUT2D eigenvalue weighted by Crippen LogP contribution is 2.11. The van der Waals surface area contributed by atoms with Crippen LogP contribution in [-0.2, 0) is 22.7 Å². The molecule has 0 aromatic heterocycles. The van der Waals surface area contributed by atoms with Crippen molar-refractivity contribution in [2.24, 2.45) is 0 Å². The van der Waals surface area contributed by atoms with Gasteiger partial charge in [-0.15, -0.1) is 0 Å². The summed E-state index contributed by atoms with van der Waals surface area (Å²) in [4.78, 5) is 28.7. The van der Waals surface area contributed by atoms with Crippen molar-refractivity contribution in [2.45, 2.75) is 26.1 Å². The molecule has 1 heterocycles. The summed E-state index contributed by atoms with van der Waals surface area (Å²) >= 11 is 0. The lowest BCUT2D eigenvalue weighted by atomic mass is 10.1. The van der Waals surface area contributed by atoms with Crippen LogP contribution in [0.25, 0.3) is 0 Å². The minimum Gasteiger partial charge on any atom is -0.445 e. The number of rotatable bonds is 5. The Labute approximate surface area is 166 Å². The number of amides is 2. The lowest BCUT2D eigenvalue weighted by Gasteiger charge is -2.23. The summed E-state index contributed by atoms with van der Waals surface area (Å²) in [6, 6.07) is 17.2. The normalized spacial score (nSPS) is 17.9. The van der Waals surface area contributed by atoms with Gasteiger partial charge < -0.3 is 15.0 Å². The van der Waals surface area contributed by atoms with Gasteiger partial charge in [-0.1, -0.05) is 60.2 Å². The van der Waals surface area contributed by atoms with E-state index in [1.807, 2.05) is 36.4 Å². The van der Waals surface area contributed by atoms with Crippen molar-refractivity contribution >= 4 is 12.0 Å². The molecule has 0 bridgehead atoms. The zero-order valence-electron chi connectivity index (χ0n) is 16.4. The maximum absolute atomic E-state index is 12.6. The summed E-state index contributed by atoms with van der Waals surface area (Å²) in [6.07, 6.45) is -0.576. The Morgan fingerprint density at radius 2 is 1.86 bits per heavy atom. The van der Waals surface area contributed by atoms with Crippen molar-refractivity contribution in [3.8, 4) is 0 Å². The van der Waals surface area contributed by atoms with Gasteiger partial charge in [-0.2, -0.15) is 0 Å². The van der Waals surface area contributed by atoms with Gasteiger partial charge in [-0.3, -0.25) is 9.69 Å². The molecule has 3 rings (SSSR count). The highest BCUT2D eigenvalue weighted by Gasteiger charge is 2.30. The van der Waals surface area contributed by atoms with E-state index in [0.717, 1.165) is 18.7 Å². The fraction of sp³-hybridized carbons (Fsp3) is 0.364. The van der Waals surface area contributed by atoms with Gasteiger partial charge in [-0.25, -0.2) is 4.79 Å². The Morgan fingerprint density at radius 1 is 1.11 bits per heavy atom. The summed E-state index contributed by atoms with van der Waals surface area (Å²) in [6.45, 7) is 4.82. The van der Waals surface area contributed by atoms with Crippen LogP contribution in [0.1, 0.15) is 16.7 Å². The SMILES string of the molecule is Cc1cccc(CN2CCN(C)C(=O)[C@@H](NC(=O)OCc3ccccc3)C2)c1. The number of hydrogen-bond acceptors (Lipinski definition) is 4. The topological polar surface area (TPSA) is 61.9 Å². The number of likely N-dealkylation sites (N-methyl/N-ethyl adjacent to an activating group) is 1. The van der Waals surface area contributed by atoms with E-state index in [9.17, 15) is 9.59 Å². The summed E-state index contributed by atoms with van der Waals surface area (Å²) in [5, 5.41) is 2.74. The highest BCUT2D eigenvalue weighted by atomic mass is 16.5. The highest BCUT2D eigenvalue weighted by molar-refractivity contribution is 5.86. The largest absolute Gasteiger partial charge is 0.445 e. The van der Waals surface area contributed by atoms with E-state index in [4.69, 9.17) is 4.74 Å². The zero-order chi connectivity index (χ0) is 19.9. The molecule has 1 saturated heterocycles. The van der Waals surface area contributed by atoms with E-state index in [1.165, 1.54) is 11.1 Å². The Balaban J connectivity index is 1.60. The number of nitrogens with zero attached hydrogens (tertiary/aromatic N) is 2. The number of benzene rings is 2. The lowest BCUT2D eigenvalue weighted by molar-refractivity contribution is -0.131. The number of hydrogen-bond donors (Lipinski definition) is 1. The maximum Gasteiger partial charge on any atom is 0.408 e. The number of alkyl carbamates (subject to hydrolysis) is 1. The molecule has 1 N–H and O–H groups in total. The molecule has 1 aliphatic rings. The summed E-state index contributed by atoms with van der Waals surface area (Å²) in [5.74, 6) is -0.0941. The first-order chi connectivity index (χ1) is 13.5. The van der Waals surface area contributed by atoms with Gasteiger partial charge in [0.1, 0.15) is 12.6 Å². The smallest absolute Gasteiger partial charge is 0.408 e. The third-order valence-electron chi connectivity index (χ3n) is 4.86. The Morgan fingerprint density at radius 3 is 2.61 bits per heavy atom. The first-order valence-electron chi connectivity index (χ1n) is 9.51. The molecule has 2 amide bonds. The molecule has 0 radical (unpaired) electrons. The number of nitrogens with one attached hydrogen (secondary N) is 1. The number of ether oxygens (including phenoxy) is 1. The Bertz CT molecular complexity index is 810. The van der Waals surface area contributed by atoms with E-state index in [2.05, 4.69) is 35.3 Å². The molecule has 2 aromatic rings. The van der Waals surface area contributed by atoms with Crippen LogP contribution in [0.5, 0.6) is 0 Å². The molecule has 1 aliphatic heterocycles. The number of aryl methyl sites for hydroxylation is 1. The molecule has 1 atom stereocenters. The Hall–Kier alpha value is -2.86. The minimum atomic E-state index is -0.624. The lowest BCUT2D eigenvalue weighted by Crippen LogP contribution is -2.49.